The number of aromatic nitrogens is 2. The monoisotopic (exact) mass is 374 g/mol. The fraction of sp³-hybridized carbons (Fsp3) is 0.526. The number of amides is 2. The Kier molecular flexibility index (Phi) is 6.57. The summed E-state index contributed by atoms with van der Waals surface area (Å²) in [7, 11) is 1.74. The van der Waals surface area contributed by atoms with Crippen LogP contribution in [0, 0.1) is 0 Å². The summed E-state index contributed by atoms with van der Waals surface area (Å²) in [5, 5.41) is 22.3. The number of hydrogen-bond donors (Lipinski definition) is 2. The van der Waals surface area contributed by atoms with Gasteiger partial charge in [0.05, 0.1) is 6.04 Å². The molecule has 1 aromatic carbocycles. The van der Waals surface area contributed by atoms with Crippen molar-refractivity contribution in [3.05, 3.63) is 40.9 Å². The van der Waals surface area contributed by atoms with Crippen molar-refractivity contribution in [3.63, 3.8) is 0 Å². The number of anilines is 1. The molecule has 1 aliphatic carbocycles. The first-order chi connectivity index (χ1) is 12.7. The number of aliphatic hydroxyl groups excluding tert-OH is 1. The number of nitrogens with zero attached hydrogens (tertiary/aromatic N) is 3. The van der Waals surface area contributed by atoms with E-state index in [0.29, 0.717) is 17.5 Å². The average molecular weight is 375 g/mol. The van der Waals surface area contributed by atoms with E-state index in [1.807, 2.05) is 30.3 Å². The molecule has 0 spiro atoms. The molecule has 0 aliphatic heterocycles. The van der Waals surface area contributed by atoms with Crippen molar-refractivity contribution in [1.82, 2.24) is 15.1 Å². The predicted octanol–water partition coefficient (Wildman–Crippen LogP) is 4.17. The maximum atomic E-state index is 12.7. The van der Waals surface area contributed by atoms with E-state index in [0.717, 1.165) is 23.4 Å². The second-order valence-corrected chi connectivity index (χ2v) is 7.77. The van der Waals surface area contributed by atoms with Gasteiger partial charge in [-0.05, 0) is 24.8 Å². The van der Waals surface area contributed by atoms with Gasteiger partial charge in [0.25, 0.3) is 0 Å². The second kappa shape index (κ2) is 9.09. The van der Waals surface area contributed by atoms with Crippen LogP contribution in [0.2, 0.25) is 0 Å². The topological polar surface area (TPSA) is 78.4 Å². The number of aliphatic hydroxyl groups is 1. The molecule has 26 heavy (non-hydrogen) atoms. The zero-order valence-corrected chi connectivity index (χ0v) is 15.9. The Morgan fingerprint density at radius 3 is 2.69 bits per heavy atom. The molecule has 140 valence electrons. The van der Waals surface area contributed by atoms with Gasteiger partial charge in [-0.1, -0.05) is 60.9 Å². The van der Waals surface area contributed by atoms with Gasteiger partial charge in [0.2, 0.25) is 5.13 Å². The summed E-state index contributed by atoms with van der Waals surface area (Å²) in [5.41, 5.74) is 0.999. The number of rotatable bonds is 6. The van der Waals surface area contributed by atoms with Gasteiger partial charge < -0.3 is 10.0 Å². The molecule has 0 saturated heterocycles. The number of benzene rings is 1. The molecule has 2 amide bonds. The van der Waals surface area contributed by atoms with Crippen LogP contribution in [-0.4, -0.2) is 39.9 Å². The Morgan fingerprint density at radius 2 is 2.00 bits per heavy atom. The number of hydrogen-bond acceptors (Lipinski definition) is 5. The fourth-order valence-electron chi connectivity index (χ4n) is 3.50. The van der Waals surface area contributed by atoms with Crippen LogP contribution >= 0.6 is 11.3 Å². The van der Waals surface area contributed by atoms with Gasteiger partial charge in [0.1, 0.15) is 5.01 Å². The zero-order valence-electron chi connectivity index (χ0n) is 15.1. The highest BCUT2D eigenvalue weighted by Gasteiger charge is 2.24. The minimum Gasteiger partial charge on any atom is -0.396 e. The molecule has 1 saturated carbocycles. The van der Waals surface area contributed by atoms with Crippen LogP contribution in [0.4, 0.5) is 9.93 Å². The summed E-state index contributed by atoms with van der Waals surface area (Å²) in [5.74, 6) is 0.482. The van der Waals surface area contributed by atoms with Crippen LogP contribution < -0.4 is 5.32 Å². The van der Waals surface area contributed by atoms with Crippen molar-refractivity contribution >= 4 is 22.5 Å². The largest absolute Gasteiger partial charge is 0.396 e. The lowest BCUT2D eigenvalue weighted by atomic mass is 9.90. The molecular formula is C19H26N4O2S. The smallest absolute Gasteiger partial charge is 0.323 e. The normalized spacial score (nSPS) is 16.2. The van der Waals surface area contributed by atoms with Crippen LogP contribution in [-0.2, 0) is 0 Å². The number of nitrogens with one attached hydrogen (secondary N) is 1. The summed E-state index contributed by atoms with van der Waals surface area (Å²) in [6.45, 7) is 0.0157. The van der Waals surface area contributed by atoms with E-state index < -0.39 is 0 Å². The van der Waals surface area contributed by atoms with E-state index in [1.54, 1.807) is 11.9 Å². The molecule has 7 heteroatoms. The van der Waals surface area contributed by atoms with E-state index in [-0.39, 0.29) is 18.7 Å². The lowest BCUT2D eigenvalue weighted by Crippen LogP contribution is -2.35. The average Bonchev–Trinajstić information content (AvgIpc) is 3.15. The first-order valence-corrected chi connectivity index (χ1v) is 10.0. The first-order valence-electron chi connectivity index (χ1n) is 9.22. The molecule has 6 nitrogen and oxygen atoms in total. The van der Waals surface area contributed by atoms with Crippen molar-refractivity contribution in [2.75, 3.05) is 19.0 Å². The molecule has 1 atom stereocenters. The van der Waals surface area contributed by atoms with E-state index in [1.165, 1.54) is 30.6 Å². The van der Waals surface area contributed by atoms with Crippen molar-refractivity contribution < 1.29 is 9.90 Å². The summed E-state index contributed by atoms with van der Waals surface area (Å²) >= 11 is 1.48. The van der Waals surface area contributed by atoms with Crippen molar-refractivity contribution in [2.45, 2.75) is 50.5 Å². The van der Waals surface area contributed by atoms with Gasteiger partial charge in [-0.3, -0.25) is 5.32 Å². The molecule has 2 aromatic rings. The molecule has 1 fully saturated rings. The van der Waals surface area contributed by atoms with Gasteiger partial charge in [0, 0.05) is 19.6 Å². The first kappa shape index (κ1) is 18.8. The quantitative estimate of drug-likeness (QED) is 0.795. The third-order valence-electron chi connectivity index (χ3n) is 4.98. The highest BCUT2D eigenvalue weighted by molar-refractivity contribution is 7.15. The lowest BCUT2D eigenvalue weighted by molar-refractivity contribution is 0.184. The molecule has 0 bridgehead atoms. The Morgan fingerprint density at radius 1 is 1.27 bits per heavy atom. The van der Waals surface area contributed by atoms with Gasteiger partial charge in [-0.2, -0.15) is 0 Å². The summed E-state index contributed by atoms with van der Waals surface area (Å²) in [6.07, 6.45) is 6.60. The molecule has 1 aliphatic rings. The molecule has 2 N–H and O–H groups in total. The van der Waals surface area contributed by atoms with Crippen LogP contribution in [0.5, 0.6) is 0 Å². The predicted molar refractivity (Wildman–Crippen MR) is 103 cm³/mol. The Balaban J connectivity index is 1.65. The number of carbonyl (C=O) groups is 1. The minimum absolute atomic E-state index is 0.0157. The SMILES string of the molecule is CN(C(=O)Nc1nnc(C2CCCCC2)s1)[C@@H](CCO)c1ccccc1. The molecular weight excluding hydrogens is 348 g/mol. The molecule has 0 radical (unpaired) electrons. The maximum absolute atomic E-state index is 12.7. The third-order valence-corrected chi connectivity index (χ3v) is 5.98. The van der Waals surface area contributed by atoms with Crippen LogP contribution in [0.1, 0.15) is 61.1 Å². The number of urea groups is 1. The maximum Gasteiger partial charge on any atom is 0.323 e. The van der Waals surface area contributed by atoms with Crippen LogP contribution in [0.3, 0.4) is 0 Å². The zero-order chi connectivity index (χ0) is 18.4. The van der Waals surface area contributed by atoms with E-state index in [9.17, 15) is 9.90 Å². The third kappa shape index (κ3) is 4.59. The molecule has 1 aromatic heterocycles. The van der Waals surface area contributed by atoms with E-state index >= 15 is 0 Å². The van der Waals surface area contributed by atoms with E-state index in [4.69, 9.17) is 0 Å². The van der Waals surface area contributed by atoms with Crippen LogP contribution in [0.15, 0.2) is 30.3 Å². The molecule has 1 heterocycles. The fourth-order valence-corrected chi connectivity index (χ4v) is 4.40. The standard InChI is InChI=1S/C19H26N4O2S/c1-23(16(12-13-24)14-8-4-2-5-9-14)19(25)20-18-22-21-17(26-18)15-10-6-3-7-11-15/h2,4-5,8-9,15-16,24H,3,6-7,10-13H2,1H3,(H,20,22,25)/t16-/m0/s1. The number of carbonyl (C=O) groups excluding carboxylic acids is 1. The lowest BCUT2D eigenvalue weighted by Gasteiger charge is -2.28. The van der Waals surface area contributed by atoms with Gasteiger partial charge in [0.15, 0.2) is 0 Å². The summed E-state index contributed by atoms with van der Waals surface area (Å²) < 4.78 is 0. The molecule has 3 rings (SSSR count). The van der Waals surface area contributed by atoms with Gasteiger partial charge in [-0.15, -0.1) is 10.2 Å². The van der Waals surface area contributed by atoms with Crippen molar-refractivity contribution in [3.8, 4) is 0 Å². The van der Waals surface area contributed by atoms with Crippen molar-refractivity contribution in [2.24, 2.45) is 0 Å². The van der Waals surface area contributed by atoms with Gasteiger partial charge in [-0.25, -0.2) is 4.79 Å². The summed E-state index contributed by atoms with van der Waals surface area (Å²) in [4.78, 5) is 14.3. The van der Waals surface area contributed by atoms with Crippen LogP contribution in [0.25, 0.3) is 0 Å². The minimum atomic E-state index is -0.237. The second-order valence-electron chi connectivity index (χ2n) is 6.76. The highest BCUT2D eigenvalue weighted by Crippen LogP contribution is 2.35. The highest BCUT2D eigenvalue weighted by atomic mass is 32.1. The summed E-state index contributed by atoms with van der Waals surface area (Å²) in [6, 6.07) is 9.32. The van der Waals surface area contributed by atoms with Gasteiger partial charge >= 0.3 is 6.03 Å². The Hall–Kier alpha value is -1.99. The van der Waals surface area contributed by atoms with Crippen molar-refractivity contribution in [1.29, 1.82) is 0 Å². The Bertz CT molecular complexity index is 701. The van der Waals surface area contributed by atoms with E-state index in [2.05, 4.69) is 15.5 Å². The molecule has 0 unspecified atom stereocenters. The Labute approximate surface area is 158 Å².